The van der Waals surface area contributed by atoms with Crippen molar-refractivity contribution in [2.75, 3.05) is 6.61 Å². The van der Waals surface area contributed by atoms with E-state index in [2.05, 4.69) is 75.1 Å². The summed E-state index contributed by atoms with van der Waals surface area (Å²) in [6, 6.07) is 18.6. The van der Waals surface area contributed by atoms with E-state index >= 15 is 0 Å². The predicted octanol–water partition coefficient (Wildman–Crippen LogP) is 14.6. The maximum atomic E-state index is 10.2. The normalized spacial score (nSPS) is 11.5. The molecular formula is C51H81N3O5S. The van der Waals surface area contributed by atoms with Gasteiger partial charge in [-0.2, -0.15) is 0 Å². The van der Waals surface area contributed by atoms with Crippen molar-refractivity contribution in [1.82, 2.24) is 9.55 Å². The fraction of sp³-hybridized carbons (Fsp3) is 0.647. The molecule has 336 valence electrons. The molecule has 0 aliphatic rings. The van der Waals surface area contributed by atoms with Crippen LogP contribution in [0.15, 0.2) is 83.9 Å². The molecule has 0 spiro atoms. The van der Waals surface area contributed by atoms with E-state index in [0.29, 0.717) is 12.3 Å². The van der Waals surface area contributed by atoms with Crippen molar-refractivity contribution in [1.29, 1.82) is 0 Å². The largest absolute Gasteiger partial charge is 0.726 e. The Morgan fingerprint density at radius 2 is 1.07 bits per heavy atom. The smallest absolute Gasteiger partial charge is 0.244 e. The van der Waals surface area contributed by atoms with Gasteiger partial charge in [-0.1, -0.05) is 217 Å². The van der Waals surface area contributed by atoms with Gasteiger partial charge in [0.1, 0.15) is 18.9 Å². The van der Waals surface area contributed by atoms with Crippen LogP contribution in [0.25, 0.3) is 22.8 Å². The summed E-state index contributed by atoms with van der Waals surface area (Å²) in [5.41, 5.74) is 3.32. The fourth-order valence-corrected chi connectivity index (χ4v) is 8.04. The second kappa shape index (κ2) is 33.4. The summed E-state index contributed by atoms with van der Waals surface area (Å²) >= 11 is 0. The average molecular weight is 848 g/mol. The molecule has 0 amide bonds. The van der Waals surface area contributed by atoms with Gasteiger partial charge in [0.25, 0.3) is 0 Å². The molecule has 2 heterocycles. The van der Waals surface area contributed by atoms with Crippen molar-refractivity contribution >= 4 is 10.4 Å². The third-order valence-electron chi connectivity index (χ3n) is 11.4. The predicted molar refractivity (Wildman–Crippen MR) is 247 cm³/mol. The highest BCUT2D eigenvalue weighted by Gasteiger charge is 2.10. The van der Waals surface area contributed by atoms with Crippen LogP contribution in [0.5, 0.6) is 0 Å². The lowest BCUT2D eigenvalue weighted by Crippen LogP contribution is -2.30. The van der Waals surface area contributed by atoms with Crippen molar-refractivity contribution in [2.45, 2.75) is 207 Å². The highest BCUT2D eigenvalue weighted by atomic mass is 32.3. The molecule has 2 aromatic heterocycles. The Balaban J connectivity index is 0.000000389. The molecule has 0 aliphatic carbocycles. The zero-order valence-corrected chi connectivity index (χ0v) is 38.5. The molecule has 0 saturated heterocycles. The van der Waals surface area contributed by atoms with Crippen molar-refractivity contribution in [3.05, 3.63) is 85.1 Å². The van der Waals surface area contributed by atoms with Crippen LogP contribution in [-0.2, 0) is 27.7 Å². The molecule has 4 rings (SSSR count). The maximum absolute atomic E-state index is 10.2. The summed E-state index contributed by atoms with van der Waals surface area (Å²) < 4.78 is 45.3. The lowest BCUT2D eigenvalue weighted by atomic mass is 10.0. The number of benzene rings is 2. The van der Waals surface area contributed by atoms with Crippen LogP contribution in [0.1, 0.15) is 199 Å². The molecule has 0 aliphatic heterocycles. The number of unbranched alkanes of at least 4 members (excludes halogenated alkanes) is 26. The van der Waals surface area contributed by atoms with Crippen molar-refractivity contribution in [3.8, 4) is 22.8 Å². The van der Waals surface area contributed by atoms with Gasteiger partial charge in [-0.3, -0.25) is 4.18 Å². The van der Waals surface area contributed by atoms with E-state index < -0.39 is 10.4 Å². The van der Waals surface area contributed by atoms with Gasteiger partial charge in [0.15, 0.2) is 5.76 Å². The first-order chi connectivity index (χ1) is 29.4. The standard InChI is InChI=1S/C35H48N3O.C16H34O4S/c1-2-3-4-5-6-7-8-9-10-11-12-13-14-18-25-37-26-27-38(30-37)29-31-21-23-33(24-22-31)35-36-28-34(39-35)32-19-16-15-17-20-32;1-2-3-4-5-6-7-8-9-10-11-12-13-14-15-16-20-21(17,18)19/h15-17,19-24,26-28,30H,2-14,18,25,29H2,1H3;2-16H2,1H3,(H,17,18,19)/q+1;/p-1. The van der Waals surface area contributed by atoms with Gasteiger partial charge in [0.2, 0.25) is 22.6 Å². The molecule has 60 heavy (non-hydrogen) atoms. The van der Waals surface area contributed by atoms with Crippen LogP contribution in [0.2, 0.25) is 0 Å². The van der Waals surface area contributed by atoms with E-state index in [1.54, 1.807) is 6.20 Å². The maximum Gasteiger partial charge on any atom is 0.244 e. The highest BCUT2D eigenvalue weighted by molar-refractivity contribution is 7.80. The van der Waals surface area contributed by atoms with Gasteiger partial charge >= 0.3 is 0 Å². The van der Waals surface area contributed by atoms with Crippen LogP contribution in [-0.4, -0.2) is 29.1 Å². The molecule has 0 N–H and O–H groups in total. The van der Waals surface area contributed by atoms with Crippen molar-refractivity contribution in [3.63, 3.8) is 0 Å². The SMILES string of the molecule is CCCCCCCCCCCCCCCCOS(=O)(=O)[O-].CCCCCCCCCCCCCCCC[n+]1ccn(Cc2ccc(-c3ncc(-c4ccccc4)o3)cc2)c1. The molecule has 9 heteroatoms. The fourth-order valence-electron chi connectivity index (χ4n) is 7.72. The number of hydrogen-bond donors (Lipinski definition) is 0. The first kappa shape index (κ1) is 51.1. The summed E-state index contributed by atoms with van der Waals surface area (Å²) in [4.78, 5) is 4.48. The zero-order valence-electron chi connectivity index (χ0n) is 37.7. The van der Waals surface area contributed by atoms with Gasteiger partial charge in [-0.25, -0.2) is 22.5 Å². The number of aryl methyl sites for hydroxylation is 1. The molecule has 0 fully saturated rings. The number of hydrogen-bond acceptors (Lipinski definition) is 6. The van der Waals surface area contributed by atoms with Crippen LogP contribution in [0, 0.1) is 0 Å². The number of aromatic nitrogens is 3. The Morgan fingerprint density at radius 3 is 1.55 bits per heavy atom. The Bertz CT molecular complexity index is 1690. The molecular weight excluding hydrogens is 767 g/mol. The van der Waals surface area contributed by atoms with Crippen LogP contribution < -0.4 is 4.57 Å². The van der Waals surface area contributed by atoms with E-state index in [9.17, 15) is 13.0 Å². The lowest BCUT2D eigenvalue weighted by molar-refractivity contribution is -0.696. The Kier molecular flexibility index (Phi) is 28.4. The highest BCUT2D eigenvalue weighted by Crippen LogP contribution is 2.26. The molecule has 0 radical (unpaired) electrons. The van der Waals surface area contributed by atoms with E-state index in [0.717, 1.165) is 42.8 Å². The quantitative estimate of drug-likeness (QED) is 0.0198. The van der Waals surface area contributed by atoms with Crippen LogP contribution >= 0.6 is 0 Å². The van der Waals surface area contributed by atoms with Crippen molar-refractivity contribution < 1.29 is 26.1 Å². The van der Waals surface area contributed by atoms with E-state index in [4.69, 9.17) is 4.42 Å². The van der Waals surface area contributed by atoms with Gasteiger partial charge in [-0.05, 0) is 37.0 Å². The molecule has 2 aromatic carbocycles. The minimum absolute atomic E-state index is 0.0316. The summed E-state index contributed by atoms with van der Waals surface area (Å²) in [7, 11) is -4.49. The summed E-state index contributed by atoms with van der Waals surface area (Å²) in [6.07, 6.45) is 45.5. The Hall–Kier alpha value is -3.27. The van der Waals surface area contributed by atoms with Gasteiger partial charge in [-0.15, -0.1) is 0 Å². The average Bonchev–Trinajstić information content (AvgIpc) is 3.93. The molecule has 0 atom stereocenters. The number of imidazole rings is 1. The lowest BCUT2D eigenvalue weighted by Gasteiger charge is -2.07. The third-order valence-corrected chi connectivity index (χ3v) is 11.8. The van der Waals surface area contributed by atoms with E-state index in [1.165, 1.54) is 166 Å². The van der Waals surface area contributed by atoms with Crippen LogP contribution in [0.3, 0.4) is 0 Å². The molecule has 0 saturated carbocycles. The second-order valence-corrected chi connectivity index (χ2v) is 17.9. The van der Waals surface area contributed by atoms with Gasteiger partial charge < -0.3 is 8.97 Å². The topological polar surface area (TPSA) is 101 Å². The first-order valence-corrected chi connectivity index (χ1v) is 25.5. The summed E-state index contributed by atoms with van der Waals surface area (Å²) in [5, 5.41) is 0. The second-order valence-electron chi connectivity index (χ2n) is 16.8. The molecule has 0 bridgehead atoms. The van der Waals surface area contributed by atoms with Gasteiger partial charge in [0.05, 0.1) is 19.3 Å². The summed E-state index contributed by atoms with van der Waals surface area (Å²) in [6.45, 7) is 6.55. The Labute approximate surface area is 365 Å². The molecule has 0 unspecified atom stereocenters. The van der Waals surface area contributed by atoms with Crippen molar-refractivity contribution in [2.24, 2.45) is 0 Å². The minimum atomic E-state index is -4.49. The molecule has 4 aromatic rings. The first-order valence-electron chi connectivity index (χ1n) is 24.1. The number of rotatable bonds is 35. The van der Waals surface area contributed by atoms with E-state index in [1.807, 2.05) is 30.3 Å². The Morgan fingerprint density at radius 1 is 0.600 bits per heavy atom. The number of nitrogens with zero attached hydrogens (tertiary/aromatic N) is 3. The zero-order chi connectivity index (χ0) is 42.8. The summed E-state index contributed by atoms with van der Waals surface area (Å²) in [5.74, 6) is 1.46. The minimum Gasteiger partial charge on any atom is -0.726 e. The molecule has 8 nitrogen and oxygen atoms in total. The number of oxazole rings is 1. The monoisotopic (exact) mass is 848 g/mol. The van der Waals surface area contributed by atoms with Gasteiger partial charge in [0, 0.05) is 11.1 Å². The van der Waals surface area contributed by atoms with Crippen LogP contribution in [0.4, 0.5) is 0 Å². The van der Waals surface area contributed by atoms with E-state index in [-0.39, 0.29) is 6.61 Å². The third kappa shape index (κ3) is 25.5.